The van der Waals surface area contributed by atoms with Gasteiger partial charge in [0, 0.05) is 5.54 Å². The van der Waals surface area contributed by atoms with Crippen LogP contribution in [0, 0.1) is 20.8 Å². The predicted octanol–water partition coefficient (Wildman–Crippen LogP) is 4.55. The molecule has 1 N–H and O–H groups in total. The van der Waals surface area contributed by atoms with E-state index in [1.54, 1.807) is 0 Å². The quantitative estimate of drug-likeness (QED) is 0.738. The lowest BCUT2D eigenvalue weighted by molar-refractivity contribution is 0.301. The van der Waals surface area contributed by atoms with Crippen molar-refractivity contribution < 1.29 is 4.74 Å². The minimum absolute atomic E-state index is 0.229. The Kier molecular flexibility index (Phi) is 6.54. The van der Waals surface area contributed by atoms with Crippen molar-refractivity contribution in [1.29, 1.82) is 0 Å². The summed E-state index contributed by atoms with van der Waals surface area (Å²) >= 11 is 0. The molecule has 0 spiro atoms. The maximum atomic E-state index is 5.93. The Balaban J connectivity index is 2.22. The normalized spacial score (nSPS) is 11.7. The molecule has 0 aliphatic heterocycles. The Bertz CT molecular complexity index is 418. The Morgan fingerprint density at radius 1 is 1.00 bits per heavy atom. The van der Waals surface area contributed by atoms with Crippen LogP contribution in [-0.2, 0) is 0 Å². The van der Waals surface area contributed by atoms with Gasteiger partial charge in [-0.25, -0.2) is 0 Å². The zero-order valence-corrected chi connectivity index (χ0v) is 14.1. The first-order valence-corrected chi connectivity index (χ1v) is 7.75. The topological polar surface area (TPSA) is 21.3 Å². The number of rotatable bonds is 7. The summed E-state index contributed by atoms with van der Waals surface area (Å²) in [6.45, 7) is 14.9. The number of hydrogen-bond donors (Lipinski definition) is 1. The van der Waals surface area contributed by atoms with E-state index in [9.17, 15) is 0 Å². The first-order valence-electron chi connectivity index (χ1n) is 7.75. The number of hydrogen-bond acceptors (Lipinski definition) is 2. The summed E-state index contributed by atoms with van der Waals surface area (Å²) in [7, 11) is 0. The molecule has 0 aliphatic carbocycles. The molecule has 20 heavy (non-hydrogen) atoms. The van der Waals surface area contributed by atoms with Gasteiger partial charge in [0.25, 0.3) is 0 Å². The monoisotopic (exact) mass is 277 g/mol. The van der Waals surface area contributed by atoms with Crippen molar-refractivity contribution in [2.45, 2.75) is 66.3 Å². The molecule has 0 bridgehead atoms. The van der Waals surface area contributed by atoms with E-state index in [2.05, 4.69) is 59.0 Å². The van der Waals surface area contributed by atoms with Crippen LogP contribution in [0.15, 0.2) is 12.1 Å². The van der Waals surface area contributed by atoms with E-state index in [4.69, 9.17) is 4.74 Å². The molecule has 0 aromatic heterocycles. The molecule has 1 rings (SSSR count). The second kappa shape index (κ2) is 7.68. The maximum Gasteiger partial charge on any atom is 0.122 e. The third-order valence-corrected chi connectivity index (χ3v) is 3.50. The lowest BCUT2D eigenvalue weighted by Gasteiger charge is -2.20. The van der Waals surface area contributed by atoms with Gasteiger partial charge in [-0.3, -0.25) is 0 Å². The van der Waals surface area contributed by atoms with Gasteiger partial charge in [-0.1, -0.05) is 6.07 Å². The van der Waals surface area contributed by atoms with Crippen molar-refractivity contribution in [3.63, 3.8) is 0 Å². The van der Waals surface area contributed by atoms with Crippen molar-refractivity contribution in [1.82, 2.24) is 5.32 Å². The molecule has 0 atom stereocenters. The van der Waals surface area contributed by atoms with Gasteiger partial charge >= 0.3 is 0 Å². The molecule has 1 aromatic rings. The van der Waals surface area contributed by atoms with Crippen molar-refractivity contribution in [3.8, 4) is 5.75 Å². The molecule has 0 aliphatic rings. The van der Waals surface area contributed by atoms with Crippen molar-refractivity contribution in [2.24, 2.45) is 0 Å². The summed E-state index contributed by atoms with van der Waals surface area (Å²) in [6.07, 6.45) is 3.55. The standard InChI is InChI=1S/C18H31NO/c1-14-12-15(2)16(3)17(13-14)20-11-9-7-8-10-19-18(4,5)6/h12-13,19H,7-11H2,1-6H3. The highest BCUT2D eigenvalue weighted by Crippen LogP contribution is 2.23. The largest absolute Gasteiger partial charge is 0.493 e. The molecule has 1 aromatic carbocycles. The molecule has 2 nitrogen and oxygen atoms in total. The highest BCUT2D eigenvalue weighted by Gasteiger charge is 2.07. The van der Waals surface area contributed by atoms with Gasteiger partial charge in [-0.2, -0.15) is 0 Å². The van der Waals surface area contributed by atoms with Gasteiger partial charge in [0.15, 0.2) is 0 Å². The average molecular weight is 277 g/mol. The van der Waals surface area contributed by atoms with E-state index >= 15 is 0 Å². The molecule has 2 heteroatoms. The molecular weight excluding hydrogens is 246 g/mol. The van der Waals surface area contributed by atoms with Crippen LogP contribution in [-0.4, -0.2) is 18.7 Å². The average Bonchev–Trinajstić information content (AvgIpc) is 2.32. The summed E-state index contributed by atoms with van der Waals surface area (Å²) in [6, 6.07) is 4.35. The number of nitrogens with one attached hydrogen (secondary N) is 1. The molecule has 114 valence electrons. The summed E-state index contributed by atoms with van der Waals surface area (Å²) in [5, 5.41) is 3.51. The lowest BCUT2D eigenvalue weighted by atomic mass is 10.1. The highest BCUT2D eigenvalue weighted by atomic mass is 16.5. The summed E-state index contributed by atoms with van der Waals surface area (Å²) in [5.41, 5.74) is 4.09. The highest BCUT2D eigenvalue weighted by molar-refractivity contribution is 5.41. The van der Waals surface area contributed by atoms with Crippen LogP contribution >= 0.6 is 0 Å². The number of ether oxygens (including phenoxy) is 1. The van der Waals surface area contributed by atoms with Crippen molar-refractivity contribution in [3.05, 3.63) is 28.8 Å². The van der Waals surface area contributed by atoms with Gasteiger partial charge in [0.2, 0.25) is 0 Å². The lowest BCUT2D eigenvalue weighted by Crippen LogP contribution is -2.36. The molecule has 0 radical (unpaired) electrons. The van der Waals surface area contributed by atoms with E-state index < -0.39 is 0 Å². The summed E-state index contributed by atoms with van der Waals surface area (Å²) < 4.78 is 5.93. The molecule has 0 heterocycles. The number of aryl methyl sites for hydroxylation is 2. The Morgan fingerprint density at radius 3 is 2.35 bits per heavy atom. The van der Waals surface area contributed by atoms with E-state index in [0.29, 0.717) is 0 Å². The fourth-order valence-corrected chi connectivity index (χ4v) is 2.20. The van der Waals surface area contributed by atoms with Gasteiger partial charge in [-0.15, -0.1) is 0 Å². The van der Waals surface area contributed by atoms with Crippen LogP contribution in [0.5, 0.6) is 5.75 Å². The van der Waals surface area contributed by atoms with Crippen LogP contribution in [0.3, 0.4) is 0 Å². The fraction of sp³-hybridized carbons (Fsp3) is 0.667. The molecular formula is C18H31NO. The molecule has 0 unspecified atom stereocenters. The van der Waals surface area contributed by atoms with Crippen LogP contribution in [0.2, 0.25) is 0 Å². The zero-order valence-electron chi connectivity index (χ0n) is 14.1. The Labute approximate surface area is 124 Å². The summed E-state index contributed by atoms with van der Waals surface area (Å²) in [4.78, 5) is 0. The van der Waals surface area contributed by atoms with Gasteiger partial charge < -0.3 is 10.1 Å². The first-order chi connectivity index (χ1) is 9.29. The van der Waals surface area contributed by atoms with Crippen LogP contribution in [0.4, 0.5) is 0 Å². The van der Waals surface area contributed by atoms with E-state index in [-0.39, 0.29) is 5.54 Å². The molecule has 0 amide bonds. The third kappa shape index (κ3) is 6.42. The second-order valence-electron chi connectivity index (χ2n) is 6.79. The first kappa shape index (κ1) is 17.0. The van der Waals surface area contributed by atoms with Crippen molar-refractivity contribution >= 4 is 0 Å². The number of unbranched alkanes of at least 4 members (excludes halogenated alkanes) is 2. The second-order valence-corrected chi connectivity index (χ2v) is 6.79. The SMILES string of the molecule is Cc1cc(C)c(C)c(OCCCCCNC(C)(C)C)c1. The zero-order chi connectivity index (χ0) is 15.2. The van der Waals surface area contributed by atoms with Crippen LogP contribution in [0.25, 0.3) is 0 Å². The van der Waals surface area contributed by atoms with Gasteiger partial charge in [-0.05, 0) is 90.1 Å². The van der Waals surface area contributed by atoms with Crippen LogP contribution in [0.1, 0.15) is 56.7 Å². The van der Waals surface area contributed by atoms with E-state index in [1.165, 1.54) is 29.5 Å². The van der Waals surface area contributed by atoms with Gasteiger partial charge in [0.1, 0.15) is 5.75 Å². The third-order valence-electron chi connectivity index (χ3n) is 3.50. The Hall–Kier alpha value is -1.02. The minimum atomic E-state index is 0.229. The fourth-order valence-electron chi connectivity index (χ4n) is 2.20. The Morgan fingerprint density at radius 2 is 1.70 bits per heavy atom. The van der Waals surface area contributed by atoms with E-state index in [1.807, 2.05) is 0 Å². The van der Waals surface area contributed by atoms with E-state index in [0.717, 1.165) is 25.3 Å². The van der Waals surface area contributed by atoms with Gasteiger partial charge in [0.05, 0.1) is 6.61 Å². The molecule has 0 saturated heterocycles. The van der Waals surface area contributed by atoms with Crippen molar-refractivity contribution in [2.75, 3.05) is 13.2 Å². The number of benzene rings is 1. The molecule has 0 fully saturated rings. The molecule has 0 saturated carbocycles. The smallest absolute Gasteiger partial charge is 0.122 e. The summed E-state index contributed by atoms with van der Waals surface area (Å²) in [5.74, 6) is 1.05. The minimum Gasteiger partial charge on any atom is -0.493 e. The van der Waals surface area contributed by atoms with Crippen LogP contribution < -0.4 is 10.1 Å². The maximum absolute atomic E-state index is 5.93. The predicted molar refractivity (Wildman–Crippen MR) is 87.8 cm³/mol.